The van der Waals surface area contributed by atoms with Crippen molar-refractivity contribution in [3.63, 3.8) is 0 Å². The molecule has 3 rings (SSSR count). The third kappa shape index (κ3) is 5.71. The summed E-state index contributed by atoms with van der Waals surface area (Å²) in [7, 11) is 1.52. The number of ether oxygens (including phenoxy) is 5. The van der Waals surface area contributed by atoms with Crippen molar-refractivity contribution in [3.8, 4) is 5.75 Å². The van der Waals surface area contributed by atoms with Crippen LogP contribution < -0.4 is 10.5 Å². The Kier molecular flexibility index (Phi) is 7.64. The molecule has 1 unspecified atom stereocenters. The summed E-state index contributed by atoms with van der Waals surface area (Å²) in [5.41, 5.74) is 7.51. The molecule has 0 spiro atoms. The Labute approximate surface area is 190 Å². The second kappa shape index (κ2) is 10.1. The minimum Gasteiger partial charge on any atom is -0.467 e. The van der Waals surface area contributed by atoms with Gasteiger partial charge < -0.3 is 29.4 Å². The maximum absolute atomic E-state index is 13.2. The summed E-state index contributed by atoms with van der Waals surface area (Å²) in [5, 5.41) is 0. The quantitative estimate of drug-likeness (QED) is 0.316. The summed E-state index contributed by atoms with van der Waals surface area (Å²) in [5.74, 6) is -0.643. The van der Waals surface area contributed by atoms with Crippen LogP contribution in [0.1, 0.15) is 57.0 Å². The first kappa shape index (κ1) is 24.3. The molecule has 2 aliphatic rings. The van der Waals surface area contributed by atoms with E-state index in [4.69, 9.17) is 29.4 Å². The van der Waals surface area contributed by atoms with Gasteiger partial charge in [0, 0.05) is 30.7 Å². The fourth-order valence-corrected chi connectivity index (χ4v) is 4.02. The largest absolute Gasteiger partial charge is 0.467 e. The lowest BCUT2D eigenvalue weighted by atomic mass is 9.94. The Morgan fingerprint density at radius 3 is 2.56 bits per heavy atom. The Morgan fingerprint density at radius 2 is 1.84 bits per heavy atom. The van der Waals surface area contributed by atoms with Gasteiger partial charge >= 0.3 is 5.97 Å². The van der Waals surface area contributed by atoms with Crippen molar-refractivity contribution in [2.24, 2.45) is 11.8 Å². The third-order valence-electron chi connectivity index (χ3n) is 5.85. The van der Waals surface area contributed by atoms with Crippen LogP contribution in [0.25, 0.3) is 6.08 Å². The zero-order valence-electron chi connectivity index (χ0n) is 19.8. The molecule has 32 heavy (non-hydrogen) atoms. The lowest BCUT2D eigenvalue weighted by molar-refractivity contribution is -0.148. The molecule has 2 aliphatic heterocycles. The average Bonchev–Trinajstić information content (AvgIpc) is 3.03. The highest BCUT2D eigenvalue weighted by molar-refractivity contribution is 5.97. The topological polar surface area (TPSA) is 89.2 Å². The zero-order chi connectivity index (χ0) is 23.5. The number of esters is 1. The van der Waals surface area contributed by atoms with Crippen molar-refractivity contribution < 1.29 is 28.5 Å². The lowest BCUT2D eigenvalue weighted by Gasteiger charge is -2.23. The molecule has 0 bridgehead atoms. The smallest absolute Gasteiger partial charge is 0.342 e. The summed E-state index contributed by atoms with van der Waals surface area (Å²) in [6.07, 6.45) is 8.11. The van der Waals surface area contributed by atoms with Gasteiger partial charge in [-0.1, -0.05) is 38.2 Å². The van der Waals surface area contributed by atoms with Crippen molar-refractivity contribution >= 4 is 17.7 Å². The molecule has 2 N–H and O–H groups in total. The molecule has 0 saturated carbocycles. The van der Waals surface area contributed by atoms with Crippen molar-refractivity contribution in [1.82, 2.24) is 0 Å². The number of nitrogen functional groups attached to an aromatic ring is 1. The molecule has 176 valence electrons. The highest BCUT2D eigenvalue weighted by Crippen LogP contribution is 2.36. The van der Waals surface area contributed by atoms with Crippen molar-refractivity contribution in [2.75, 3.05) is 19.6 Å². The highest BCUT2D eigenvalue weighted by Gasteiger charge is 2.42. The molecule has 7 heteroatoms. The number of rotatable bonds is 3. The number of fused-ring (bicyclic) bond motifs is 2. The Balaban J connectivity index is 2.04. The number of cyclic esters (lactones) is 1. The number of methoxy groups -OCH3 is 1. The first-order chi connectivity index (χ1) is 15.1. The Bertz CT molecular complexity index is 877. The number of benzene rings is 1. The fraction of sp³-hybridized carbons (Fsp3) is 0.560. The molecule has 5 atom stereocenters. The number of hydrogen-bond acceptors (Lipinski definition) is 7. The standard InChI is InChI=1S/C25H35NO6/c1-15-10-11-16(2)23-20(31-25(4,5)32-23)9-7-8-18-12-19(26)13-21(29-14-28-6)22(18)24(27)30-17(15)3/h7-8,10-13,15-17,20,23H,9,14,26H2,1-6H3/b8-7?,11-10-/t15-,16?,17+,20+,23-/m1/s1. The van der Waals surface area contributed by atoms with Gasteiger partial charge in [0.05, 0.1) is 12.2 Å². The van der Waals surface area contributed by atoms with E-state index in [0.717, 1.165) is 0 Å². The van der Waals surface area contributed by atoms with E-state index < -0.39 is 11.8 Å². The highest BCUT2D eigenvalue weighted by atomic mass is 16.8. The molecule has 1 saturated heterocycles. The lowest BCUT2D eigenvalue weighted by Crippen LogP contribution is -2.29. The first-order valence-electron chi connectivity index (χ1n) is 11.1. The van der Waals surface area contributed by atoms with Gasteiger partial charge in [0.15, 0.2) is 12.6 Å². The van der Waals surface area contributed by atoms with Crippen LogP contribution >= 0.6 is 0 Å². The van der Waals surface area contributed by atoms with Gasteiger partial charge in [0.2, 0.25) is 0 Å². The molecule has 7 nitrogen and oxygen atoms in total. The van der Waals surface area contributed by atoms with Gasteiger partial charge in [-0.15, -0.1) is 0 Å². The van der Waals surface area contributed by atoms with Gasteiger partial charge in [0.1, 0.15) is 17.4 Å². The molecule has 1 aromatic rings. The second-order valence-corrected chi connectivity index (χ2v) is 9.02. The van der Waals surface area contributed by atoms with Crippen LogP contribution in [-0.2, 0) is 18.9 Å². The molecular formula is C25H35NO6. The summed E-state index contributed by atoms with van der Waals surface area (Å²) in [4.78, 5) is 13.2. The predicted molar refractivity (Wildman–Crippen MR) is 123 cm³/mol. The van der Waals surface area contributed by atoms with E-state index in [1.165, 1.54) is 7.11 Å². The maximum atomic E-state index is 13.2. The maximum Gasteiger partial charge on any atom is 0.342 e. The monoisotopic (exact) mass is 445 g/mol. The van der Waals surface area contributed by atoms with Gasteiger partial charge in [-0.05, 0) is 38.8 Å². The molecule has 0 radical (unpaired) electrons. The van der Waals surface area contributed by atoms with Crippen LogP contribution in [-0.4, -0.2) is 44.0 Å². The van der Waals surface area contributed by atoms with Gasteiger partial charge in [-0.25, -0.2) is 4.79 Å². The first-order valence-corrected chi connectivity index (χ1v) is 11.1. The number of carbonyl (C=O) groups is 1. The molecule has 0 aliphatic carbocycles. The van der Waals surface area contributed by atoms with Crippen LogP contribution in [0.2, 0.25) is 0 Å². The predicted octanol–water partition coefficient (Wildman–Crippen LogP) is 4.56. The zero-order valence-corrected chi connectivity index (χ0v) is 19.8. The van der Waals surface area contributed by atoms with Crippen LogP contribution in [0.3, 0.4) is 0 Å². The molecular weight excluding hydrogens is 410 g/mol. The van der Waals surface area contributed by atoms with E-state index in [0.29, 0.717) is 29.0 Å². The number of nitrogens with two attached hydrogens (primary N) is 1. The van der Waals surface area contributed by atoms with Crippen LogP contribution in [0.15, 0.2) is 30.4 Å². The fourth-order valence-electron chi connectivity index (χ4n) is 4.02. The summed E-state index contributed by atoms with van der Waals surface area (Å²) >= 11 is 0. The number of carbonyl (C=O) groups excluding carboxylic acids is 1. The SMILES string of the molecule is COCOc1cc(N)cc2c1C(=O)O[C@@H](C)[C@H](C)/C=C\C(C)[C@H]1OC(C)(C)O[C@H]1CC=C2. The van der Waals surface area contributed by atoms with Crippen LogP contribution in [0, 0.1) is 11.8 Å². The molecule has 2 heterocycles. The summed E-state index contributed by atoms with van der Waals surface area (Å²) in [6, 6.07) is 3.35. The molecule has 0 amide bonds. The van der Waals surface area contributed by atoms with Gasteiger partial charge in [0.25, 0.3) is 0 Å². The van der Waals surface area contributed by atoms with E-state index in [-0.39, 0.29) is 36.9 Å². The average molecular weight is 446 g/mol. The van der Waals surface area contributed by atoms with Crippen molar-refractivity contribution in [2.45, 2.75) is 65.1 Å². The van der Waals surface area contributed by atoms with Crippen molar-refractivity contribution in [1.29, 1.82) is 0 Å². The third-order valence-corrected chi connectivity index (χ3v) is 5.85. The Hall–Kier alpha value is -2.35. The van der Waals surface area contributed by atoms with E-state index >= 15 is 0 Å². The minimum absolute atomic E-state index is 0.00856. The van der Waals surface area contributed by atoms with E-state index in [2.05, 4.69) is 19.1 Å². The van der Waals surface area contributed by atoms with Crippen molar-refractivity contribution in [3.05, 3.63) is 41.5 Å². The van der Waals surface area contributed by atoms with Crippen LogP contribution in [0.5, 0.6) is 5.75 Å². The molecule has 1 fully saturated rings. The molecule has 1 aromatic carbocycles. The van der Waals surface area contributed by atoms with E-state index in [1.807, 2.05) is 39.8 Å². The van der Waals surface area contributed by atoms with Gasteiger partial charge in [-0.3, -0.25) is 0 Å². The van der Waals surface area contributed by atoms with Crippen LogP contribution in [0.4, 0.5) is 5.69 Å². The second-order valence-electron chi connectivity index (χ2n) is 9.02. The number of anilines is 1. The molecule has 0 aromatic heterocycles. The number of hydrogen-bond donors (Lipinski definition) is 1. The minimum atomic E-state index is -0.652. The van der Waals surface area contributed by atoms with E-state index in [1.54, 1.807) is 12.1 Å². The Morgan fingerprint density at radius 1 is 1.12 bits per heavy atom. The van der Waals surface area contributed by atoms with Gasteiger partial charge in [-0.2, -0.15) is 0 Å². The van der Waals surface area contributed by atoms with E-state index in [9.17, 15) is 4.79 Å². The normalized spacial score (nSPS) is 31.2. The summed E-state index contributed by atoms with van der Waals surface area (Å²) in [6.45, 7) is 9.87. The summed E-state index contributed by atoms with van der Waals surface area (Å²) < 4.78 is 28.9.